The highest BCUT2D eigenvalue weighted by atomic mass is 32.2. The van der Waals surface area contributed by atoms with Crippen molar-refractivity contribution in [1.29, 1.82) is 0 Å². The molecule has 0 aliphatic rings. The van der Waals surface area contributed by atoms with E-state index in [2.05, 4.69) is 25.8 Å². The van der Waals surface area contributed by atoms with Crippen LogP contribution in [0.25, 0.3) is 22.6 Å². The van der Waals surface area contributed by atoms with Crippen LogP contribution >= 0.6 is 0 Å². The van der Waals surface area contributed by atoms with E-state index in [0.29, 0.717) is 30.0 Å². The molecule has 3 heterocycles. The number of aromatic nitrogens is 5. The van der Waals surface area contributed by atoms with Crippen LogP contribution in [-0.4, -0.2) is 46.0 Å². The van der Waals surface area contributed by atoms with Gasteiger partial charge in [-0.25, -0.2) is 12.8 Å². The smallest absolute Gasteiger partial charge is 0.251 e. The number of hydrogen-bond acceptors (Lipinski definition) is 7. The number of nitrogens with zero attached hydrogens (tertiary/aromatic N) is 4. The fourth-order valence-electron chi connectivity index (χ4n) is 4.12. The van der Waals surface area contributed by atoms with Gasteiger partial charge in [-0.2, -0.15) is 10.2 Å². The summed E-state index contributed by atoms with van der Waals surface area (Å²) in [6.45, 7) is 0.428. The number of nitrogens with one attached hydrogen (secondary N) is 2. The van der Waals surface area contributed by atoms with Crippen molar-refractivity contribution in [2.75, 3.05) is 6.54 Å². The number of amides is 1. The van der Waals surface area contributed by atoms with E-state index in [-0.39, 0.29) is 33.4 Å². The molecule has 0 saturated carbocycles. The van der Waals surface area contributed by atoms with Crippen LogP contribution in [-0.2, 0) is 29.1 Å². The van der Waals surface area contributed by atoms with Gasteiger partial charge in [0.1, 0.15) is 11.5 Å². The molecule has 0 fully saturated rings. The van der Waals surface area contributed by atoms with E-state index in [1.807, 2.05) is 0 Å². The Morgan fingerprint density at radius 1 is 1.13 bits per heavy atom. The van der Waals surface area contributed by atoms with Crippen molar-refractivity contribution in [1.82, 2.24) is 30.5 Å². The molecule has 200 valence electrons. The van der Waals surface area contributed by atoms with E-state index < -0.39 is 15.7 Å². The molecule has 12 heteroatoms. The number of halogens is 1. The average Bonchev–Trinajstić information content (AvgIpc) is 3.69. The molecule has 0 bridgehead atoms. The summed E-state index contributed by atoms with van der Waals surface area (Å²) in [5, 5.41) is 17.8. The zero-order valence-corrected chi connectivity index (χ0v) is 21.8. The van der Waals surface area contributed by atoms with Crippen LogP contribution in [0.5, 0.6) is 0 Å². The van der Waals surface area contributed by atoms with Crippen molar-refractivity contribution in [3.8, 4) is 22.6 Å². The molecule has 2 N–H and O–H groups in total. The van der Waals surface area contributed by atoms with E-state index in [0.717, 1.165) is 12.0 Å². The lowest BCUT2D eigenvalue weighted by atomic mass is 10.1. The minimum absolute atomic E-state index is 0.0105. The first-order chi connectivity index (χ1) is 18.8. The van der Waals surface area contributed by atoms with Crippen LogP contribution in [0.2, 0.25) is 0 Å². The molecule has 0 unspecified atom stereocenters. The van der Waals surface area contributed by atoms with Gasteiger partial charge in [-0.3, -0.25) is 14.6 Å². The minimum atomic E-state index is -3.88. The van der Waals surface area contributed by atoms with Crippen molar-refractivity contribution in [3.63, 3.8) is 0 Å². The molecule has 10 nitrogen and oxygen atoms in total. The second-order valence-corrected chi connectivity index (χ2v) is 11.0. The summed E-state index contributed by atoms with van der Waals surface area (Å²) >= 11 is 0. The Balaban J connectivity index is 1.44. The van der Waals surface area contributed by atoms with Crippen LogP contribution < -0.4 is 5.32 Å². The van der Waals surface area contributed by atoms with Crippen LogP contribution in [0.3, 0.4) is 0 Å². The molecule has 39 heavy (non-hydrogen) atoms. The monoisotopic (exact) mass is 548 g/mol. The van der Waals surface area contributed by atoms with Gasteiger partial charge in [-0.1, -0.05) is 5.16 Å². The highest BCUT2D eigenvalue weighted by molar-refractivity contribution is 7.90. The molecule has 0 radical (unpaired) electrons. The zero-order chi connectivity index (χ0) is 27.4. The maximum atomic E-state index is 13.5. The fraction of sp³-hybridized carbons (Fsp3) is 0.185. The van der Waals surface area contributed by atoms with Gasteiger partial charge in [0, 0.05) is 48.7 Å². The minimum Gasteiger partial charge on any atom is -0.356 e. The van der Waals surface area contributed by atoms with E-state index in [1.54, 1.807) is 37.8 Å². The molecular weight excluding hydrogens is 523 g/mol. The third-order valence-corrected chi connectivity index (χ3v) is 7.78. The first-order valence-corrected chi connectivity index (χ1v) is 13.8. The SMILES string of the molecule is Cn1ccc(CS(=O)(=O)c2ccc(C(=O)NCCCc3cn[nH]c3)cc2-c2cc(-c3ccc(F)cc3)on2)n1. The summed E-state index contributed by atoms with van der Waals surface area (Å²) < 4.78 is 47.3. The van der Waals surface area contributed by atoms with Gasteiger partial charge in [0.05, 0.1) is 22.5 Å². The molecule has 0 aliphatic heterocycles. The Bertz CT molecular complexity index is 1690. The van der Waals surface area contributed by atoms with E-state index >= 15 is 0 Å². The molecule has 3 aromatic heterocycles. The third-order valence-electron chi connectivity index (χ3n) is 6.08. The Hall–Kier alpha value is -4.58. The first-order valence-electron chi connectivity index (χ1n) is 12.1. The molecule has 5 rings (SSSR count). The number of hydrogen-bond donors (Lipinski definition) is 2. The van der Waals surface area contributed by atoms with Gasteiger partial charge in [-0.05, 0) is 66.9 Å². The predicted molar refractivity (Wildman–Crippen MR) is 141 cm³/mol. The van der Waals surface area contributed by atoms with Gasteiger partial charge in [0.2, 0.25) is 0 Å². The molecule has 0 aliphatic carbocycles. The molecule has 0 atom stereocenters. The van der Waals surface area contributed by atoms with Crippen molar-refractivity contribution in [2.24, 2.45) is 7.05 Å². The number of carbonyl (C=O) groups is 1. The van der Waals surface area contributed by atoms with Gasteiger partial charge in [-0.15, -0.1) is 0 Å². The second kappa shape index (κ2) is 11.0. The quantitative estimate of drug-likeness (QED) is 0.252. The highest BCUT2D eigenvalue weighted by Gasteiger charge is 2.25. The average molecular weight is 549 g/mol. The number of carbonyl (C=O) groups excluding carboxylic acids is 1. The zero-order valence-electron chi connectivity index (χ0n) is 21.0. The van der Waals surface area contributed by atoms with Gasteiger partial charge >= 0.3 is 0 Å². The lowest BCUT2D eigenvalue weighted by Crippen LogP contribution is -2.25. The molecular formula is C27H25FN6O4S. The maximum absolute atomic E-state index is 13.5. The normalized spacial score (nSPS) is 11.5. The van der Waals surface area contributed by atoms with E-state index in [4.69, 9.17) is 4.52 Å². The summed E-state index contributed by atoms with van der Waals surface area (Å²) in [7, 11) is -2.17. The Morgan fingerprint density at radius 2 is 1.95 bits per heavy atom. The lowest BCUT2D eigenvalue weighted by Gasteiger charge is -2.11. The third kappa shape index (κ3) is 6.12. The van der Waals surface area contributed by atoms with Crippen molar-refractivity contribution in [3.05, 3.63) is 95.8 Å². The summed E-state index contributed by atoms with van der Waals surface area (Å²) in [5.41, 5.74) is 2.71. The van der Waals surface area contributed by atoms with Gasteiger partial charge in [0.25, 0.3) is 5.91 Å². The van der Waals surface area contributed by atoms with Crippen LogP contribution in [0.4, 0.5) is 4.39 Å². The Morgan fingerprint density at radius 3 is 2.67 bits per heavy atom. The van der Waals surface area contributed by atoms with Crippen LogP contribution in [0, 0.1) is 5.82 Å². The molecule has 0 saturated heterocycles. The highest BCUT2D eigenvalue weighted by Crippen LogP contribution is 2.33. The number of aryl methyl sites for hydroxylation is 2. The van der Waals surface area contributed by atoms with Crippen molar-refractivity contribution >= 4 is 15.7 Å². The number of sulfone groups is 1. The second-order valence-electron chi connectivity index (χ2n) is 9.00. The van der Waals surface area contributed by atoms with E-state index in [1.165, 1.54) is 47.1 Å². The topological polar surface area (TPSA) is 136 Å². The lowest BCUT2D eigenvalue weighted by molar-refractivity contribution is 0.0953. The Kier molecular flexibility index (Phi) is 7.37. The molecule has 1 amide bonds. The van der Waals surface area contributed by atoms with Crippen LogP contribution in [0.1, 0.15) is 28.0 Å². The predicted octanol–water partition coefficient (Wildman–Crippen LogP) is 3.94. The molecule has 2 aromatic carbocycles. The maximum Gasteiger partial charge on any atom is 0.251 e. The van der Waals surface area contributed by atoms with E-state index in [9.17, 15) is 17.6 Å². The summed E-state index contributed by atoms with van der Waals surface area (Å²) in [6.07, 6.45) is 6.65. The standard InChI is InChI=1S/C27H25FN6O4S/c1-34-12-10-22(32-34)17-39(36,37)26-9-6-20(27(35)29-11-2-3-18-15-30-31-16-18)13-23(26)24-14-25(38-33-24)19-4-7-21(28)8-5-19/h4-10,12-16H,2-3,11,17H2,1H3,(H,29,35)(H,30,31). The molecule has 5 aromatic rings. The number of benzene rings is 2. The number of rotatable bonds is 10. The number of aromatic amines is 1. The Labute approximate surface area is 223 Å². The van der Waals surface area contributed by atoms with Gasteiger partial charge < -0.3 is 9.84 Å². The first kappa shape index (κ1) is 26.0. The largest absolute Gasteiger partial charge is 0.356 e. The van der Waals surface area contributed by atoms with Gasteiger partial charge in [0.15, 0.2) is 15.6 Å². The summed E-state index contributed by atoms with van der Waals surface area (Å²) in [5.74, 6) is -0.750. The van der Waals surface area contributed by atoms with Crippen LogP contribution in [0.15, 0.2) is 82.6 Å². The number of H-pyrrole nitrogens is 1. The molecule has 0 spiro atoms. The van der Waals surface area contributed by atoms with Crippen molar-refractivity contribution < 1.29 is 22.1 Å². The summed E-state index contributed by atoms with van der Waals surface area (Å²) in [4.78, 5) is 12.9. The fourth-order valence-corrected chi connectivity index (χ4v) is 5.59. The van der Waals surface area contributed by atoms with Crippen molar-refractivity contribution in [2.45, 2.75) is 23.5 Å². The summed E-state index contributed by atoms with van der Waals surface area (Å²) in [6, 6.07) is 13.2.